The van der Waals surface area contributed by atoms with Crippen molar-refractivity contribution < 1.29 is 14.3 Å². The molecule has 7 nitrogen and oxygen atoms in total. The van der Waals surface area contributed by atoms with Crippen molar-refractivity contribution in [2.24, 2.45) is 10.7 Å². The molecule has 146 valence electrons. The second-order valence-corrected chi connectivity index (χ2v) is 7.58. The Labute approximate surface area is 171 Å². The van der Waals surface area contributed by atoms with Gasteiger partial charge in [-0.05, 0) is 38.9 Å². The van der Waals surface area contributed by atoms with E-state index < -0.39 is 0 Å². The monoisotopic (exact) mass is 486 g/mol. The molecule has 0 unspecified atom stereocenters. The van der Waals surface area contributed by atoms with Crippen LogP contribution in [0.5, 0.6) is 0 Å². The van der Waals surface area contributed by atoms with E-state index in [9.17, 15) is 4.79 Å². The molecule has 2 aliphatic heterocycles. The number of hydrogen-bond acceptors (Lipinski definition) is 5. The number of carbonyl (C=O) groups excluding carboxylic acids is 1. The zero-order valence-corrected chi connectivity index (χ0v) is 18.3. The molecule has 0 aromatic heterocycles. The quantitative estimate of drug-likeness (QED) is 0.351. The molecule has 25 heavy (non-hydrogen) atoms. The normalized spacial score (nSPS) is 21.4. The topological polar surface area (TPSA) is 89.2 Å². The van der Waals surface area contributed by atoms with Gasteiger partial charge in [0, 0.05) is 37.1 Å². The molecule has 2 fully saturated rings. The Hall–Kier alpha value is -0.420. The van der Waals surface area contributed by atoms with Crippen LogP contribution in [-0.2, 0) is 9.47 Å². The van der Waals surface area contributed by atoms with Crippen LogP contribution in [-0.4, -0.2) is 73.5 Å². The number of hydrogen-bond donors (Lipinski definition) is 2. The number of piperidine rings is 1. The Balaban J connectivity index is 0.00000312. The van der Waals surface area contributed by atoms with Crippen LogP contribution in [0.3, 0.4) is 0 Å². The molecular formula is C16H31IN4O3S. The maximum Gasteiger partial charge on any atom is 0.409 e. The summed E-state index contributed by atoms with van der Waals surface area (Å²) in [6.07, 6.45) is 5.66. The number of ether oxygens (including phenoxy) is 2. The first kappa shape index (κ1) is 22.6. The highest BCUT2D eigenvalue weighted by molar-refractivity contribution is 14.0. The third kappa shape index (κ3) is 7.01. The summed E-state index contributed by atoms with van der Waals surface area (Å²) in [7, 11) is 0. The van der Waals surface area contributed by atoms with Gasteiger partial charge < -0.3 is 25.4 Å². The summed E-state index contributed by atoms with van der Waals surface area (Å²) in [5.41, 5.74) is 6.07. The molecule has 0 aromatic carbocycles. The van der Waals surface area contributed by atoms with Crippen LogP contribution in [0.2, 0.25) is 0 Å². The van der Waals surface area contributed by atoms with Crippen LogP contribution in [0.15, 0.2) is 4.99 Å². The average Bonchev–Trinajstić information content (AvgIpc) is 2.61. The third-order valence-corrected chi connectivity index (χ3v) is 6.15. The minimum Gasteiger partial charge on any atom is -0.450 e. The van der Waals surface area contributed by atoms with Crippen LogP contribution >= 0.6 is 35.7 Å². The first-order chi connectivity index (χ1) is 11.6. The first-order valence-electron chi connectivity index (χ1n) is 8.69. The largest absolute Gasteiger partial charge is 0.450 e. The lowest BCUT2D eigenvalue weighted by Gasteiger charge is -2.34. The SMILES string of the molecule is CCOC(=O)N1CCC(NC(N)=NCC2(SC)CCOCC2)CC1.I. The standard InChI is InChI=1S/C16H30N4O3S.HI/c1-3-23-15(21)20-8-4-13(5-9-20)19-14(17)18-12-16(24-2)6-10-22-11-7-16;/h13H,3-12H2,1-2H3,(H3,17,18,19);1H. The Morgan fingerprint density at radius 2 is 2.04 bits per heavy atom. The zero-order valence-electron chi connectivity index (χ0n) is 15.2. The Kier molecular flexibility index (Phi) is 10.2. The summed E-state index contributed by atoms with van der Waals surface area (Å²) >= 11 is 1.86. The molecule has 2 rings (SSSR count). The van der Waals surface area contributed by atoms with Crippen LogP contribution < -0.4 is 11.1 Å². The maximum atomic E-state index is 11.7. The van der Waals surface area contributed by atoms with Crippen molar-refractivity contribution in [3.8, 4) is 0 Å². The summed E-state index contributed by atoms with van der Waals surface area (Å²) in [6.45, 7) is 5.94. The number of guanidine groups is 1. The maximum absolute atomic E-state index is 11.7. The lowest BCUT2D eigenvalue weighted by atomic mass is 9.99. The van der Waals surface area contributed by atoms with Crippen molar-refractivity contribution >= 4 is 47.8 Å². The number of thioether (sulfide) groups is 1. The smallest absolute Gasteiger partial charge is 0.409 e. The van der Waals surface area contributed by atoms with Gasteiger partial charge in [-0.2, -0.15) is 11.8 Å². The van der Waals surface area contributed by atoms with Crippen molar-refractivity contribution in [3.63, 3.8) is 0 Å². The number of nitrogens with one attached hydrogen (secondary N) is 1. The minimum absolute atomic E-state index is 0. The average molecular weight is 486 g/mol. The van der Waals surface area contributed by atoms with Gasteiger partial charge in [0.1, 0.15) is 0 Å². The summed E-state index contributed by atoms with van der Waals surface area (Å²) in [4.78, 5) is 18.0. The van der Waals surface area contributed by atoms with Gasteiger partial charge in [0.2, 0.25) is 0 Å². The van der Waals surface area contributed by atoms with Gasteiger partial charge in [0.05, 0.1) is 13.2 Å². The number of likely N-dealkylation sites (tertiary alicyclic amines) is 1. The van der Waals surface area contributed by atoms with E-state index in [1.807, 2.05) is 18.7 Å². The molecule has 0 bridgehead atoms. The summed E-state index contributed by atoms with van der Waals surface area (Å²) < 4.78 is 10.6. The molecule has 2 heterocycles. The minimum atomic E-state index is -0.223. The van der Waals surface area contributed by atoms with E-state index in [1.54, 1.807) is 4.90 Å². The molecule has 0 saturated carbocycles. The van der Waals surface area contributed by atoms with Gasteiger partial charge in [0.25, 0.3) is 0 Å². The lowest BCUT2D eigenvalue weighted by molar-refractivity contribution is 0.0794. The van der Waals surface area contributed by atoms with Crippen molar-refractivity contribution in [2.45, 2.75) is 43.4 Å². The highest BCUT2D eigenvalue weighted by Gasteiger charge is 2.31. The number of halogens is 1. The fraction of sp³-hybridized carbons (Fsp3) is 0.875. The molecule has 9 heteroatoms. The molecule has 3 N–H and O–H groups in total. The molecular weight excluding hydrogens is 455 g/mol. The van der Waals surface area contributed by atoms with Gasteiger partial charge >= 0.3 is 6.09 Å². The molecule has 0 radical (unpaired) electrons. The summed E-state index contributed by atoms with van der Waals surface area (Å²) in [5, 5.41) is 3.30. The first-order valence-corrected chi connectivity index (χ1v) is 9.92. The van der Waals surface area contributed by atoms with E-state index in [2.05, 4.69) is 16.6 Å². The zero-order chi connectivity index (χ0) is 17.4. The van der Waals surface area contributed by atoms with Crippen LogP contribution in [0.4, 0.5) is 4.79 Å². The Morgan fingerprint density at radius 3 is 2.60 bits per heavy atom. The van der Waals surface area contributed by atoms with Crippen LogP contribution in [0.25, 0.3) is 0 Å². The van der Waals surface area contributed by atoms with Crippen molar-refractivity contribution in [1.82, 2.24) is 10.2 Å². The predicted molar refractivity (Wildman–Crippen MR) is 113 cm³/mol. The van der Waals surface area contributed by atoms with E-state index in [0.717, 1.165) is 45.4 Å². The van der Waals surface area contributed by atoms with E-state index >= 15 is 0 Å². The number of aliphatic imine (C=N–C) groups is 1. The molecule has 2 saturated heterocycles. The third-order valence-electron chi connectivity index (χ3n) is 4.75. The molecule has 0 atom stereocenters. The van der Waals surface area contributed by atoms with Crippen molar-refractivity contribution in [3.05, 3.63) is 0 Å². The highest BCUT2D eigenvalue weighted by Crippen LogP contribution is 2.33. The van der Waals surface area contributed by atoms with Crippen LogP contribution in [0, 0.1) is 0 Å². The number of carbonyl (C=O) groups is 1. The molecule has 2 aliphatic rings. The highest BCUT2D eigenvalue weighted by atomic mass is 127. The van der Waals surface area contributed by atoms with Gasteiger partial charge in [-0.25, -0.2) is 4.79 Å². The number of amides is 1. The van der Waals surface area contributed by atoms with Crippen LogP contribution in [0.1, 0.15) is 32.6 Å². The fourth-order valence-corrected chi connectivity index (χ4v) is 3.84. The van der Waals surface area contributed by atoms with Gasteiger partial charge in [-0.1, -0.05) is 0 Å². The lowest BCUT2D eigenvalue weighted by Crippen LogP contribution is -2.49. The Bertz CT molecular complexity index is 439. The van der Waals surface area contributed by atoms with E-state index in [-0.39, 0.29) is 40.9 Å². The summed E-state index contributed by atoms with van der Waals surface area (Å²) in [5.74, 6) is 0.504. The van der Waals surface area contributed by atoms with E-state index in [4.69, 9.17) is 15.2 Å². The van der Waals surface area contributed by atoms with Crippen molar-refractivity contribution in [1.29, 1.82) is 0 Å². The fourth-order valence-electron chi connectivity index (χ4n) is 3.08. The molecule has 1 amide bonds. The van der Waals surface area contributed by atoms with Gasteiger partial charge in [0.15, 0.2) is 5.96 Å². The van der Waals surface area contributed by atoms with Gasteiger partial charge in [-0.3, -0.25) is 4.99 Å². The van der Waals surface area contributed by atoms with E-state index in [1.165, 1.54) is 0 Å². The predicted octanol–water partition coefficient (Wildman–Crippen LogP) is 2.04. The van der Waals surface area contributed by atoms with Crippen molar-refractivity contribution in [2.75, 3.05) is 45.7 Å². The summed E-state index contributed by atoms with van der Waals surface area (Å²) in [6, 6.07) is 0.263. The molecule has 0 aliphatic carbocycles. The number of rotatable bonds is 5. The second kappa shape index (κ2) is 11.3. The van der Waals surface area contributed by atoms with E-state index in [0.29, 0.717) is 25.7 Å². The second-order valence-electron chi connectivity index (χ2n) is 6.31. The number of nitrogens with zero attached hydrogens (tertiary/aromatic N) is 2. The molecule has 0 aromatic rings. The Morgan fingerprint density at radius 1 is 1.40 bits per heavy atom. The number of nitrogens with two attached hydrogens (primary N) is 1. The molecule has 0 spiro atoms. The van der Waals surface area contributed by atoms with Gasteiger partial charge in [-0.15, -0.1) is 24.0 Å².